The molecule has 0 amide bonds. The fourth-order valence-electron chi connectivity index (χ4n) is 2.21. The molecular formula is C19H19BrO2. The Bertz CT molecular complexity index is 647. The Morgan fingerprint density at radius 1 is 1.14 bits per heavy atom. The van der Waals surface area contributed by atoms with Gasteiger partial charge in [-0.25, -0.2) is 4.79 Å². The van der Waals surface area contributed by atoms with Crippen molar-refractivity contribution in [3.05, 3.63) is 76.3 Å². The molecule has 2 aromatic rings. The number of allylic oxidation sites excluding steroid dienone is 1. The molecule has 0 saturated carbocycles. The van der Waals surface area contributed by atoms with Crippen molar-refractivity contribution in [2.24, 2.45) is 0 Å². The van der Waals surface area contributed by atoms with E-state index in [-0.39, 0.29) is 5.97 Å². The molecular weight excluding hydrogens is 340 g/mol. The molecule has 0 aliphatic heterocycles. The summed E-state index contributed by atoms with van der Waals surface area (Å²) in [6.45, 7) is 2.20. The van der Waals surface area contributed by atoms with Gasteiger partial charge in [-0.3, -0.25) is 0 Å². The van der Waals surface area contributed by atoms with Gasteiger partial charge in [-0.1, -0.05) is 64.5 Å². The Kier molecular flexibility index (Phi) is 6.41. The summed E-state index contributed by atoms with van der Waals surface area (Å²) in [5, 5.41) is 0. The van der Waals surface area contributed by atoms with Crippen molar-refractivity contribution in [3.63, 3.8) is 0 Å². The third-order valence-electron chi connectivity index (χ3n) is 3.26. The summed E-state index contributed by atoms with van der Waals surface area (Å²) in [5.41, 5.74) is 2.76. The maximum Gasteiger partial charge on any atom is 0.338 e. The Labute approximate surface area is 139 Å². The van der Waals surface area contributed by atoms with Crippen molar-refractivity contribution in [2.45, 2.75) is 19.8 Å². The number of hydrogen-bond acceptors (Lipinski definition) is 2. The van der Waals surface area contributed by atoms with Crippen LogP contribution in [0.4, 0.5) is 0 Å². The van der Waals surface area contributed by atoms with Gasteiger partial charge < -0.3 is 4.74 Å². The number of carbonyl (C=O) groups is 1. The van der Waals surface area contributed by atoms with Gasteiger partial charge in [0.05, 0.1) is 12.2 Å². The molecule has 3 heteroatoms. The zero-order valence-electron chi connectivity index (χ0n) is 12.6. The second-order valence-electron chi connectivity index (χ2n) is 4.87. The number of hydrogen-bond donors (Lipinski definition) is 0. The van der Waals surface area contributed by atoms with E-state index in [1.807, 2.05) is 55.5 Å². The predicted octanol–water partition coefficient (Wildman–Crippen LogP) is 5.03. The molecule has 0 radical (unpaired) electrons. The standard InChI is InChI=1S/C19H19BrO2/c1-2-22-19(21)18(16-11-7-12-17(20)14-16)13-6-10-15-8-4-3-5-9-15/h3-5,7-9,11-14H,2,6,10H2,1H3. The first kappa shape index (κ1) is 16.5. The van der Waals surface area contributed by atoms with E-state index < -0.39 is 0 Å². The maximum absolute atomic E-state index is 12.2. The van der Waals surface area contributed by atoms with Gasteiger partial charge in [0.15, 0.2) is 0 Å². The molecule has 0 aliphatic carbocycles. The van der Waals surface area contributed by atoms with Crippen LogP contribution in [0.1, 0.15) is 24.5 Å². The SMILES string of the molecule is CCOC(=O)C(=CCCc1ccccc1)c1cccc(Br)c1. The second kappa shape index (κ2) is 8.54. The second-order valence-corrected chi connectivity index (χ2v) is 5.79. The van der Waals surface area contributed by atoms with Gasteiger partial charge in [-0.05, 0) is 43.0 Å². The van der Waals surface area contributed by atoms with Crippen LogP contribution in [0.25, 0.3) is 5.57 Å². The van der Waals surface area contributed by atoms with Crippen LogP contribution < -0.4 is 0 Å². The Morgan fingerprint density at radius 3 is 2.59 bits per heavy atom. The molecule has 0 fully saturated rings. The predicted molar refractivity (Wildman–Crippen MR) is 93.5 cm³/mol. The minimum Gasteiger partial charge on any atom is -0.462 e. The molecule has 0 spiro atoms. The molecule has 0 saturated heterocycles. The van der Waals surface area contributed by atoms with E-state index in [1.165, 1.54) is 5.56 Å². The van der Waals surface area contributed by atoms with E-state index in [9.17, 15) is 4.79 Å². The van der Waals surface area contributed by atoms with Crippen LogP contribution in [0, 0.1) is 0 Å². The molecule has 0 aromatic heterocycles. The molecule has 2 nitrogen and oxygen atoms in total. The van der Waals surface area contributed by atoms with Crippen LogP contribution in [-0.4, -0.2) is 12.6 Å². The highest BCUT2D eigenvalue weighted by molar-refractivity contribution is 9.10. The van der Waals surface area contributed by atoms with Crippen molar-refractivity contribution in [3.8, 4) is 0 Å². The highest BCUT2D eigenvalue weighted by Crippen LogP contribution is 2.21. The minimum absolute atomic E-state index is 0.270. The average molecular weight is 359 g/mol. The van der Waals surface area contributed by atoms with Crippen molar-refractivity contribution in [1.82, 2.24) is 0 Å². The molecule has 0 heterocycles. The van der Waals surface area contributed by atoms with Crippen molar-refractivity contribution in [2.75, 3.05) is 6.61 Å². The number of aryl methyl sites for hydroxylation is 1. The molecule has 2 rings (SSSR count). The normalized spacial score (nSPS) is 11.3. The zero-order valence-corrected chi connectivity index (χ0v) is 14.2. The lowest BCUT2D eigenvalue weighted by molar-refractivity contribution is -0.136. The van der Waals surface area contributed by atoms with Crippen LogP contribution >= 0.6 is 15.9 Å². The van der Waals surface area contributed by atoms with E-state index in [2.05, 4.69) is 28.1 Å². The fraction of sp³-hybridized carbons (Fsp3) is 0.211. The molecule has 0 N–H and O–H groups in total. The summed E-state index contributed by atoms with van der Waals surface area (Å²) in [6.07, 6.45) is 3.66. The maximum atomic E-state index is 12.2. The third kappa shape index (κ3) is 4.85. The molecule has 2 aromatic carbocycles. The van der Waals surface area contributed by atoms with Gasteiger partial charge in [0.1, 0.15) is 0 Å². The molecule has 0 atom stereocenters. The smallest absolute Gasteiger partial charge is 0.338 e. The van der Waals surface area contributed by atoms with Gasteiger partial charge in [-0.2, -0.15) is 0 Å². The van der Waals surface area contributed by atoms with Crippen molar-refractivity contribution in [1.29, 1.82) is 0 Å². The zero-order chi connectivity index (χ0) is 15.8. The lowest BCUT2D eigenvalue weighted by Gasteiger charge is -2.08. The van der Waals surface area contributed by atoms with Gasteiger partial charge in [0.2, 0.25) is 0 Å². The first-order valence-corrected chi connectivity index (χ1v) is 8.17. The molecule has 0 unspecified atom stereocenters. The topological polar surface area (TPSA) is 26.3 Å². The number of carbonyl (C=O) groups excluding carboxylic acids is 1. The number of esters is 1. The fourth-order valence-corrected chi connectivity index (χ4v) is 2.61. The molecule has 0 aliphatic rings. The Morgan fingerprint density at radius 2 is 1.91 bits per heavy atom. The van der Waals surface area contributed by atoms with E-state index in [0.717, 1.165) is 22.9 Å². The summed E-state index contributed by atoms with van der Waals surface area (Å²) >= 11 is 3.44. The highest BCUT2D eigenvalue weighted by atomic mass is 79.9. The van der Waals surface area contributed by atoms with Crippen LogP contribution in [-0.2, 0) is 16.0 Å². The first-order valence-electron chi connectivity index (χ1n) is 7.38. The van der Waals surface area contributed by atoms with Crippen LogP contribution in [0.3, 0.4) is 0 Å². The largest absolute Gasteiger partial charge is 0.462 e. The lowest BCUT2D eigenvalue weighted by atomic mass is 10.0. The first-order chi connectivity index (χ1) is 10.7. The molecule has 114 valence electrons. The van der Waals surface area contributed by atoms with E-state index >= 15 is 0 Å². The van der Waals surface area contributed by atoms with E-state index in [4.69, 9.17) is 4.74 Å². The van der Waals surface area contributed by atoms with Gasteiger partial charge in [0, 0.05) is 4.47 Å². The summed E-state index contributed by atoms with van der Waals surface area (Å²) < 4.78 is 6.13. The van der Waals surface area contributed by atoms with E-state index in [0.29, 0.717) is 12.2 Å². The lowest BCUT2D eigenvalue weighted by Crippen LogP contribution is -2.07. The van der Waals surface area contributed by atoms with Crippen LogP contribution in [0.5, 0.6) is 0 Å². The minimum atomic E-state index is -0.270. The average Bonchev–Trinajstić information content (AvgIpc) is 2.53. The van der Waals surface area contributed by atoms with Crippen LogP contribution in [0.15, 0.2) is 65.1 Å². The molecule has 22 heavy (non-hydrogen) atoms. The van der Waals surface area contributed by atoms with Crippen molar-refractivity contribution >= 4 is 27.5 Å². The number of ether oxygens (including phenoxy) is 1. The highest BCUT2D eigenvalue weighted by Gasteiger charge is 2.13. The Balaban J connectivity index is 2.17. The summed E-state index contributed by atoms with van der Waals surface area (Å²) in [6, 6.07) is 18.0. The number of benzene rings is 2. The molecule has 0 bridgehead atoms. The van der Waals surface area contributed by atoms with E-state index in [1.54, 1.807) is 0 Å². The quantitative estimate of drug-likeness (QED) is 0.534. The third-order valence-corrected chi connectivity index (χ3v) is 3.75. The number of rotatable bonds is 6. The monoisotopic (exact) mass is 358 g/mol. The van der Waals surface area contributed by atoms with Gasteiger partial charge in [0.25, 0.3) is 0 Å². The summed E-state index contributed by atoms with van der Waals surface area (Å²) in [5.74, 6) is -0.270. The number of halogens is 1. The summed E-state index contributed by atoms with van der Waals surface area (Å²) in [7, 11) is 0. The summed E-state index contributed by atoms with van der Waals surface area (Å²) in [4.78, 5) is 12.2. The van der Waals surface area contributed by atoms with Crippen molar-refractivity contribution < 1.29 is 9.53 Å². The Hall–Kier alpha value is -1.87. The van der Waals surface area contributed by atoms with Gasteiger partial charge >= 0.3 is 5.97 Å². The van der Waals surface area contributed by atoms with Gasteiger partial charge in [-0.15, -0.1) is 0 Å². The van der Waals surface area contributed by atoms with Crippen LogP contribution in [0.2, 0.25) is 0 Å².